The van der Waals surface area contributed by atoms with Crippen LogP contribution in [-0.4, -0.2) is 18.1 Å². The second kappa shape index (κ2) is 6.37. The van der Waals surface area contributed by atoms with Gasteiger partial charge in [0.1, 0.15) is 0 Å². The molecule has 2 aliphatic rings. The molecule has 1 fully saturated rings. The van der Waals surface area contributed by atoms with Gasteiger partial charge in [-0.15, -0.1) is 0 Å². The molecule has 0 spiro atoms. The molecule has 4 rings (SSSR count). The molecule has 0 amide bonds. The van der Waals surface area contributed by atoms with Gasteiger partial charge in [0.2, 0.25) is 0 Å². The summed E-state index contributed by atoms with van der Waals surface area (Å²) in [6, 6.07) is 9.33. The summed E-state index contributed by atoms with van der Waals surface area (Å²) in [5.74, 6) is 1.15. The van der Waals surface area contributed by atoms with E-state index in [4.69, 9.17) is 4.98 Å². The fourth-order valence-corrected chi connectivity index (χ4v) is 4.68. The zero-order valence-electron chi connectivity index (χ0n) is 13.6. The molecule has 3 heteroatoms. The van der Waals surface area contributed by atoms with Gasteiger partial charge in [0, 0.05) is 16.6 Å². The van der Waals surface area contributed by atoms with E-state index in [9.17, 15) is 0 Å². The van der Waals surface area contributed by atoms with Crippen LogP contribution in [0.1, 0.15) is 46.7 Å². The van der Waals surface area contributed by atoms with Crippen LogP contribution in [0, 0.1) is 12.8 Å². The van der Waals surface area contributed by atoms with Crippen LogP contribution >= 0.6 is 15.9 Å². The zero-order valence-corrected chi connectivity index (χ0v) is 15.2. The Morgan fingerprint density at radius 2 is 1.87 bits per heavy atom. The summed E-state index contributed by atoms with van der Waals surface area (Å²) < 4.78 is 1.10. The van der Waals surface area contributed by atoms with Gasteiger partial charge in [-0.1, -0.05) is 23.8 Å². The summed E-state index contributed by atoms with van der Waals surface area (Å²) in [6.45, 7) is 4.47. The molecule has 1 aliphatic carbocycles. The standard InChI is InChI=1S/C20H23BrN2/c1-13-2-5-18-15(10-13)3-4-16-11-17(21)12-23-20(16)19(18)14-6-8-22-9-7-14/h2,5,10-12,14,19,22H,3-4,6-9H2,1H3. The van der Waals surface area contributed by atoms with E-state index < -0.39 is 0 Å². The Kier molecular flexibility index (Phi) is 4.25. The molecule has 0 radical (unpaired) electrons. The van der Waals surface area contributed by atoms with Crippen molar-refractivity contribution in [1.82, 2.24) is 10.3 Å². The third-order valence-electron chi connectivity index (χ3n) is 5.42. The molecule has 1 atom stereocenters. The van der Waals surface area contributed by atoms with Crippen molar-refractivity contribution in [1.29, 1.82) is 0 Å². The predicted octanol–water partition coefficient (Wildman–Crippen LogP) is 4.38. The topological polar surface area (TPSA) is 24.9 Å². The first-order valence-electron chi connectivity index (χ1n) is 8.67. The molecule has 1 unspecified atom stereocenters. The van der Waals surface area contributed by atoms with E-state index in [2.05, 4.69) is 52.4 Å². The number of halogens is 1. The summed E-state index contributed by atoms with van der Waals surface area (Å²) >= 11 is 3.61. The summed E-state index contributed by atoms with van der Waals surface area (Å²) in [4.78, 5) is 4.89. The lowest BCUT2D eigenvalue weighted by molar-refractivity contribution is 0.338. The Morgan fingerprint density at radius 1 is 1.09 bits per heavy atom. The van der Waals surface area contributed by atoms with Crippen LogP contribution in [0.5, 0.6) is 0 Å². The average Bonchev–Trinajstić information content (AvgIpc) is 2.72. The monoisotopic (exact) mass is 370 g/mol. The molecule has 120 valence electrons. The van der Waals surface area contributed by atoms with E-state index in [1.54, 1.807) is 0 Å². The molecule has 23 heavy (non-hydrogen) atoms. The van der Waals surface area contributed by atoms with Gasteiger partial charge < -0.3 is 5.32 Å². The number of aryl methyl sites for hydroxylation is 3. The first kappa shape index (κ1) is 15.3. The molecule has 2 nitrogen and oxygen atoms in total. The quantitative estimate of drug-likeness (QED) is 0.805. The minimum absolute atomic E-state index is 0.457. The third-order valence-corrected chi connectivity index (χ3v) is 5.85. The molecule has 1 saturated heterocycles. The first-order valence-corrected chi connectivity index (χ1v) is 9.46. The van der Waals surface area contributed by atoms with E-state index in [1.165, 1.54) is 40.8 Å². The van der Waals surface area contributed by atoms with Crippen LogP contribution in [0.2, 0.25) is 0 Å². The Hall–Kier alpha value is -1.19. The normalized spacial score (nSPS) is 21.4. The second-order valence-corrected chi connectivity index (χ2v) is 7.88. The van der Waals surface area contributed by atoms with Crippen molar-refractivity contribution in [2.24, 2.45) is 5.92 Å². The maximum absolute atomic E-state index is 4.89. The highest BCUT2D eigenvalue weighted by atomic mass is 79.9. The molecule has 1 N–H and O–H groups in total. The number of pyridine rings is 1. The molecular weight excluding hydrogens is 348 g/mol. The Bertz CT molecular complexity index is 666. The fourth-order valence-electron chi connectivity index (χ4n) is 4.30. The minimum Gasteiger partial charge on any atom is -0.317 e. The lowest BCUT2D eigenvalue weighted by atomic mass is 9.76. The number of fused-ring (bicyclic) bond motifs is 2. The molecule has 1 aliphatic heterocycles. The van der Waals surface area contributed by atoms with E-state index in [1.807, 2.05) is 6.20 Å². The molecule has 0 bridgehead atoms. The SMILES string of the molecule is Cc1ccc2c(c1)CCc1cc(Br)cnc1C2C1CCNCC1. The van der Waals surface area contributed by atoms with Crippen LogP contribution < -0.4 is 5.32 Å². The Labute approximate surface area is 146 Å². The third kappa shape index (κ3) is 2.97. The molecule has 2 heterocycles. The average molecular weight is 371 g/mol. The summed E-state index contributed by atoms with van der Waals surface area (Å²) in [5, 5.41) is 3.51. The number of nitrogens with zero attached hydrogens (tertiary/aromatic N) is 1. The van der Waals surface area contributed by atoms with E-state index >= 15 is 0 Å². The highest BCUT2D eigenvalue weighted by Crippen LogP contribution is 2.42. The number of hydrogen-bond acceptors (Lipinski definition) is 2. The van der Waals surface area contributed by atoms with Gasteiger partial charge in [-0.3, -0.25) is 4.98 Å². The molecule has 0 saturated carbocycles. The highest BCUT2D eigenvalue weighted by Gasteiger charge is 2.32. The lowest BCUT2D eigenvalue weighted by Crippen LogP contribution is -2.32. The Balaban J connectivity index is 1.86. The van der Waals surface area contributed by atoms with E-state index in [0.29, 0.717) is 11.8 Å². The molecule has 1 aromatic heterocycles. The van der Waals surface area contributed by atoms with Gasteiger partial charge in [0.15, 0.2) is 0 Å². The maximum atomic E-state index is 4.89. The van der Waals surface area contributed by atoms with Crippen LogP contribution in [0.25, 0.3) is 0 Å². The largest absolute Gasteiger partial charge is 0.317 e. The smallest absolute Gasteiger partial charge is 0.0514 e. The number of hydrogen-bond donors (Lipinski definition) is 1. The van der Waals surface area contributed by atoms with Crippen molar-refractivity contribution in [3.63, 3.8) is 0 Å². The summed E-state index contributed by atoms with van der Waals surface area (Å²) in [7, 11) is 0. The van der Waals surface area contributed by atoms with Crippen molar-refractivity contribution in [2.45, 2.75) is 38.5 Å². The van der Waals surface area contributed by atoms with Crippen molar-refractivity contribution >= 4 is 15.9 Å². The van der Waals surface area contributed by atoms with Crippen molar-refractivity contribution < 1.29 is 0 Å². The predicted molar refractivity (Wildman–Crippen MR) is 98.0 cm³/mol. The fraction of sp³-hybridized carbons (Fsp3) is 0.450. The van der Waals surface area contributed by atoms with Gasteiger partial charge in [-0.25, -0.2) is 0 Å². The van der Waals surface area contributed by atoms with Gasteiger partial charge >= 0.3 is 0 Å². The molecular formula is C20H23BrN2. The lowest BCUT2D eigenvalue weighted by Gasteiger charge is -2.32. The molecule has 1 aromatic carbocycles. The van der Waals surface area contributed by atoms with E-state index in [0.717, 1.165) is 30.4 Å². The highest BCUT2D eigenvalue weighted by molar-refractivity contribution is 9.10. The van der Waals surface area contributed by atoms with Crippen LogP contribution in [0.4, 0.5) is 0 Å². The number of benzene rings is 1. The first-order chi connectivity index (χ1) is 11.2. The minimum atomic E-state index is 0.457. The summed E-state index contributed by atoms with van der Waals surface area (Å²) in [5.41, 5.74) is 7.17. The van der Waals surface area contributed by atoms with Crippen molar-refractivity contribution in [2.75, 3.05) is 13.1 Å². The van der Waals surface area contributed by atoms with Gasteiger partial charge in [0.25, 0.3) is 0 Å². The van der Waals surface area contributed by atoms with Crippen LogP contribution in [-0.2, 0) is 12.8 Å². The number of rotatable bonds is 1. The van der Waals surface area contributed by atoms with Gasteiger partial charge in [-0.2, -0.15) is 0 Å². The van der Waals surface area contributed by atoms with Crippen molar-refractivity contribution in [3.8, 4) is 0 Å². The maximum Gasteiger partial charge on any atom is 0.0514 e. The second-order valence-electron chi connectivity index (χ2n) is 6.97. The number of aromatic nitrogens is 1. The summed E-state index contributed by atoms with van der Waals surface area (Å²) in [6.07, 6.45) is 6.69. The Morgan fingerprint density at radius 3 is 2.70 bits per heavy atom. The number of nitrogens with one attached hydrogen (secondary N) is 1. The van der Waals surface area contributed by atoms with Gasteiger partial charge in [-0.05, 0) is 90.3 Å². The van der Waals surface area contributed by atoms with Crippen molar-refractivity contribution in [3.05, 3.63) is 62.9 Å². The zero-order chi connectivity index (χ0) is 15.8. The number of piperidine rings is 1. The van der Waals surface area contributed by atoms with Gasteiger partial charge in [0.05, 0.1) is 5.69 Å². The van der Waals surface area contributed by atoms with E-state index in [-0.39, 0.29) is 0 Å². The van der Waals surface area contributed by atoms with Crippen LogP contribution in [0.15, 0.2) is 34.9 Å². The van der Waals surface area contributed by atoms with Crippen LogP contribution in [0.3, 0.4) is 0 Å². The molecule has 2 aromatic rings.